The zero-order chi connectivity index (χ0) is 12.3. The number of nitrogens with one attached hydrogen (secondary N) is 1. The molecule has 88 valence electrons. The van der Waals surface area contributed by atoms with Crippen molar-refractivity contribution in [3.63, 3.8) is 0 Å². The molecule has 0 aliphatic heterocycles. The summed E-state index contributed by atoms with van der Waals surface area (Å²) in [5, 5.41) is 9.92. The summed E-state index contributed by atoms with van der Waals surface area (Å²) in [7, 11) is 0. The third-order valence-corrected chi connectivity index (χ3v) is 2.42. The Labute approximate surface area is 98.0 Å². The Hall–Kier alpha value is -2.24. The number of rotatable bonds is 3. The van der Waals surface area contributed by atoms with Gasteiger partial charge in [-0.1, -0.05) is 5.16 Å². The van der Waals surface area contributed by atoms with Crippen LogP contribution in [0.5, 0.6) is 0 Å². The zero-order valence-corrected chi connectivity index (χ0v) is 9.54. The van der Waals surface area contributed by atoms with Crippen molar-refractivity contribution in [2.24, 2.45) is 0 Å². The van der Waals surface area contributed by atoms with Crippen LogP contribution < -0.4 is 5.32 Å². The molecule has 6 nitrogen and oxygen atoms in total. The van der Waals surface area contributed by atoms with Crippen LogP contribution in [0.1, 0.15) is 34.7 Å². The number of aryl methyl sites for hydroxylation is 1. The summed E-state index contributed by atoms with van der Waals surface area (Å²) in [5.41, 5.74) is 1.66. The molecule has 0 saturated heterocycles. The predicted octanol–water partition coefficient (Wildman–Crippen LogP) is 1.26. The molecule has 1 N–H and O–H groups in total. The van der Waals surface area contributed by atoms with Gasteiger partial charge >= 0.3 is 0 Å². The molecule has 0 fully saturated rings. The summed E-state index contributed by atoms with van der Waals surface area (Å²) >= 11 is 0. The monoisotopic (exact) mass is 232 g/mol. The van der Waals surface area contributed by atoms with E-state index in [-0.39, 0.29) is 17.6 Å². The number of amides is 1. The molecule has 1 unspecified atom stereocenters. The third kappa shape index (κ3) is 2.47. The fraction of sp³-hybridized carbons (Fsp3) is 0.273. The molecule has 0 spiro atoms. The molecular formula is C11H12N4O2. The SMILES string of the molecule is Cc1nonc1C(=O)NC(C)c1ccncc1. The Morgan fingerprint density at radius 2 is 2.06 bits per heavy atom. The van der Waals surface area contributed by atoms with E-state index in [4.69, 9.17) is 0 Å². The van der Waals surface area contributed by atoms with E-state index < -0.39 is 0 Å². The van der Waals surface area contributed by atoms with Crippen LogP contribution in [-0.2, 0) is 0 Å². The van der Waals surface area contributed by atoms with Crippen molar-refractivity contribution in [2.45, 2.75) is 19.9 Å². The first kappa shape index (κ1) is 11.3. The lowest BCUT2D eigenvalue weighted by molar-refractivity contribution is 0.0929. The van der Waals surface area contributed by atoms with Gasteiger partial charge in [0.15, 0.2) is 5.69 Å². The van der Waals surface area contributed by atoms with E-state index in [0.29, 0.717) is 5.69 Å². The summed E-state index contributed by atoms with van der Waals surface area (Å²) < 4.78 is 4.48. The zero-order valence-electron chi connectivity index (χ0n) is 9.54. The van der Waals surface area contributed by atoms with Crippen LogP contribution in [-0.4, -0.2) is 21.2 Å². The van der Waals surface area contributed by atoms with Crippen molar-refractivity contribution >= 4 is 5.91 Å². The maximum Gasteiger partial charge on any atom is 0.275 e. The molecule has 1 atom stereocenters. The Kier molecular flexibility index (Phi) is 3.13. The lowest BCUT2D eigenvalue weighted by Crippen LogP contribution is -2.27. The molecule has 2 rings (SSSR count). The van der Waals surface area contributed by atoms with E-state index in [0.717, 1.165) is 5.56 Å². The minimum atomic E-state index is -0.298. The molecule has 0 aliphatic carbocycles. The fourth-order valence-electron chi connectivity index (χ4n) is 1.44. The summed E-state index contributed by atoms with van der Waals surface area (Å²) in [5.74, 6) is -0.298. The van der Waals surface area contributed by atoms with Crippen LogP contribution in [0.2, 0.25) is 0 Å². The molecule has 6 heteroatoms. The van der Waals surface area contributed by atoms with Gasteiger partial charge in [0.25, 0.3) is 5.91 Å². The van der Waals surface area contributed by atoms with Crippen LogP contribution in [0.4, 0.5) is 0 Å². The second-order valence-corrected chi connectivity index (χ2v) is 3.67. The van der Waals surface area contributed by atoms with Gasteiger partial charge in [-0.2, -0.15) is 0 Å². The molecule has 0 radical (unpaired) electrons. The first-order chi connectivity index (χ1) is 8.18. The number of carbonyl (C=O) groups is 1. The molecular weight excluding hydrogens is 220 g/mol. The van der Waals surface area contributed by atoms with Gasteiger partial charge in [-0.15, -0.1) is 0 Å². The highest BCUT2D eigenvalue weighted by molar-refractivity contribution is 5.93. The van der Waals surface area contributed by atoms with Crippen LogP contribution in [0.25, 0.3) is 0 Å². The largest absolute Gasteiger partial charge is 0.344 e. The Balaban J connectivity index is 2.08. The minimum Gasteiger partial charge on any atom is -0.344 e. The lowest BCUT2D eigenvalue weighted by atomic mass is 10.1. The van der Waals surface area contributed by atoms with Gasteiger partial charge in [0.2, 0.25) is 0 Å². The van der Waals surface area contributed by atoms with Gasteiger partial charge in [0.05, 0.1) is 6.04 Å². The molecule has 0 bridgehead atoms. The average molecular weight is 232 g/mol. The van der Waals surface area contributed by atoms with Crippen molar-refractivity contribution < 1.29 is 9.42 Å². The molecule has 2 aromatic rings. The molecule has 0 aromatic carbocycles. The molecule has 0 aliphatic rings. The van der Waals surface area contributed by atoms with Gasteiger partial charge in [0.1, 0.15) is 5.69 Å². The van der Waals surface area contributed by atoms with Crippen molar-refractivity contribution in [3.05, 3.63) is 41.5 Å². The van der Waals surface area contributed by atoms with Gasteiger partial charge in [-0.3, -0.25) is 9.78 Å². The summed E-state index contributed by atoms with van der Waals surface area (Å²) in [6.45, 7) is 3.55. The van der Waals surface area contributed by atoms with Crippen molar-refractivity contribution in [1.29, 1.82) is 0 Å². The van der Waals surface area contributed by atoms with Crippen LogP contribution in [0, 0.1) is 6.92 Å². The predicted molar refractivity (Wildman–Crippen MR) is 59.2 cm³/mol. The number of nitrogens with zero attached hydrogens (tertiary/aromatic N) is 3. The maximum atomic E-state index is 11.8. The number of pyridine rings is 1. The van der Waals surface area contributed by atoms with E-state index in [2.05, 4.69) is 25.2 Å². The van der Waals surface area contributed by atoms with E-state index >= 15 is 0 Å². The van der Waals surface area contributed by atoms with Gasteiger partial charge < -0.3 is 5.32 Å². The van der Waals surface area contributed by atoms with Gasteiger partial charge in [-0.05, 0) is 36.7 Å². The third-order valence-electron chi connectivity index (χ3n) is 2.42. The number of hydrogen-bond donors (Lipinski definition) is 1. The highest BCUT2D eigenvalue weighted by atomic mass is 16.6. The van der Waals surface area contributed by atoms with Gasteiger partial charge in [0, 0.05) is 12.4 Å². The first-order valence-corrected chi connectivity index (χ1v) is 5.18. The molecule has 2 aromatic heterocycles. The molecule has 17 heavy (non-hydrogen) atoms. The topological polar surface area (TPSA) is 80.9 Å². The molecule has 2 heterocycles. The Bertz CT molecular complexity index is 509. The van der Waals surface area contributed by atoms with Crippen LogP contribution >= 0.6 is 0 Å². The Morgan fingerprint density at radius 1 is 1.35 bits per heavy atom. The van der Waals surface area contributed by atoms with Crippen molar-refractivity contribution in [3.8, 4) is 0 Å². The fourth-order valence-corrected chi connectivity index (χ4v) is 1.44. The van der Waals surface area contributed by atoms with Crippen molar-refractivity contribution in [1.82, 2.24) is 20.6 Å². The Morgan fingerprint density at radius 3 is 2.65 bits per heavy atom. The highest BCUT2D eigenvalue weighted by Gasteiger charge is 2.17. The van der Waals surface area contributed by atoms with E-state index in [9.17, 15) is 4.79 Å². The standard InChI is InChI=1S/C11H12N4O2/c1-7(9-3-5-12-6-4-9)13-11(16)10-8(2)14-17-15-10/h3-7H,1-2H3,(H,13,16). The highest BCUT2D eigenvalue weighted by Crippen LogP contribution is 2.11. The minimum absolute atomic E-state index is 0.124. The quantitative estimate of drug-likeness (QED) is 0.861. The smallest absolute Gasteiger partial charge is 0.275 e. The second kappa shape index (κ2) is 4.73. The van der Waals surface area contributed by atoms with Crippen LogP contribution in [0.15, 0.2) is 29.2 Å². The van der Waals surface area contributed by atoms with Crippen molar-refractivity contribution in [2.75, 3.05) is 0 Å². The number of carbonyl (C=O) groups excluding carboxylic acids is 1. The normalized spacial score (nSPS) is 12.1. The molecule has 1 amide bonds. The lowest BCUT2D eigenvalue weighted by Gasteiger charge is -2.12. The first-order valence-electron chi connectivity index (χ1n) is 5.18. The van der Waals surface area contributed by atoms with E-state index in [1.807, 2.05) is 19.1 Å². The summed E-state index contributed by atoms with van der Waals surface area (Å²) in [6, 6.07) is 3.57. The average Bonchev–Trinajstić information content (AvgIpc) is 2.76. The van der Waals surface area contributed by atoms with E-state index in [1.165, 1.54) is 0 Å². The maximum absolute atomic E-state index is 11.8. The summed E-state index contributed by atoms with van der Waals surface area (Å²) in [4.78, 5) is 15.7. The van der Waals surface area contributed by atoms with E-state index in [1.54, 1.807) is 19.3 Å². The van der Waals surface area contributed by atoms with Gasteiger partial charge in [-0.25, -0.2) is 4.63 Å². The number of hydrogen-bond acceptors (Lipinski definition) is 5. The molecule has 0 saturated carbocycles. The van der Waals surface area contributed by atoms with Crippen LogP contribution in [0.3, 0.4) is 0 Å². The number of aromatic nitrogens is 3. The summed E-state index contributed by atoms with van der Waals surface area (Å²) in [6.07, 6.45) is 3.36. The second-order valence-electron chi connectivity index (χ2n) is 3.67.